The van der Waals surface area contributed by atoms with Crippen molar-refractivity contribution in [3.8, 4) is 5.75 Å². The van der Waals surface area contributed by atoms with Crippen LogP contribution in [0.25, 0.3) is 0 Å². The van der Waals surface area contributed by atoms with Gasteiger partial charge in [-0.05, 0) is 26.0 Å². The number of hydrogen-bond acceptors (Lipinski definition) is 4. The highest BCUT2D eigenvalue weighted by Crippen LogP contribution is 2.20. The number of carbonyl (C=O) groups is 1. The molecule has 0 radical (unpaired) electrons. The number of hydroxylamine groups is 1. The van der Waals surface area contributed by atoms with Crippen LogP contribution in [0.1, 0.15) is 24.2 Å². The van der Waals surface area contributed by atoms with E-state index in [0.29, 0.717) is 12.0 Å². The number of rotatable bonds is 7. The maximum Gasteiger partial charge on any atom is 0.175 e. The number of halogens is 1. The van der Waals surface area contributed by atoms with Gasteiger partial charge in [0.15, 0.2) is 17.9 Å². The predicted molar refractivity (Wildman–Crippen MR) is 74.9 cm³/mol. The van der Waals surface area contributed by atoms with E-state index in [1.54, 1.807) is 20.0 Å². The van der Waals surface area contributed by atoms with Gasteiger partial charge in [-0.1, -0.05) is 18.2 Å². The van der Waals surface area contributed by atoms with Crippen molar-refractivity contribution in [1.29, 1.82) is 0 Å². The molecule has 4 nitrogen and oxygen atoms in total. The van der Waals surface area contributed by atoms with E-state index < -0.39 is 5.82 Å². The van der Waals surface area contributed by atoms with Crippen LogP contribution in [0.5, 0.6) is 5.75 Å². The number of carbonyl (C=O) groups excluding carboxylic acids is 1. The highest BCUT2D eigenvalue weighted by atomic mass is 19.1. The zero-order valence-electron chi connectivity index (χ0n) is 11.8. The number of benzene rings is 1. The minimum Gasteiger partial charge on any atom is -0.486 e. The molecule has 0 saturated carbocycles. The molecule has 0 aliphatic heterocycles. The molecule has 0 atom stereocenters. The third kappa shape index (κ3) is 4.20. The van der Waals surface area contributed by atoms with Crippen LogP contribution in [0.3, 0.4) is 0 Å². The van der Waals surface area contributed by atoms with E-state index >= 15 is 0 Å². The Kier molecular flexibility index (Phi) is 6.46. The largest absolute Gasteiger partial charge is 0.486 e. The molecule has 1 aromatic carbocycles. The number of hydrogen-bond donors (Lipinski definition) is 1. The molecule has 1 aromatic rings. The quantitative estimate of drug-likeness (QED) is 0.361. The second-order valence-corrected chi connectivity index (χ2v) is 3.95. The lowest BCUT2D eigenvalue weighted by atomic mass is 10.2. The summed E-state index contributed by atoms with van der Waals surface area (Å²) in [6, 6.07) is 4.44. The van der Waals surface area contributed by atoms with Gasteiger partial charge in [-0.3, -0.25) is 4.79 Å². The van der Waals surface area contributed by atoms with E-state index in [0.717, 1.165) is 5.57 Å². The maximum atomic E-state index is 13.8. The average Bonchev–Trinajstić information content (AvgIpc) is 2.45. The Morgan fingerprint density at radius 3 is 2.80 bits per heavy atom. The molecule has 0 unspecified atom stereocenters. The van der Waals surface area contributed by atoms with Crippen molar-refractivity contribution in [2.45, 2.75) is 13.8 Å². The summed E-state index contributed by atoms with van der Waals surface area (Å²) in [5, 5.41) is 0. The summed E-state index contributed by atoms with van der Waals surface area (Å²) >= 11 is 0. The van der Waals surface area contributed by atoms with Gasteiger partial charge in [-0.2, -0.15) is 5.48 Å². The predicted octanol–water partition coefficient (Wildman–Crippen LogP) is 3.02. The van der Waals surface area contributed by atoms with Crippen LogP contribution in [0, 0.1) is 5.82 Å². The van der Waals surface area contributed by atoms with E-state index in [9.17, 15) is 9.18 Å². The van der Waals surface area contributed by atoms with Crippen molar-refractivity contribution >= 4 is 6.29 Å². The van der Waals surface area contributed by atoms with Crippen molar-refractivity contribution in [1.82, 2.24) is 5.48 Å². The molecule has 1 rings (SSSR count). The van der Waals surface area contributed by atoms with Gasteiger partial charge >= 0.3 is 0 Å². The van der Waals surface area contributed by atoms with Gasteiger partial charge in [0, 0.05) is 12.6 Å². The minimum atomic E-state index is -0.658. The van der Waals surface area contributed by atoms with E-state index in [2.05, 4.69) is 5.48 Å². The molecule has 0 bridgehead atoms. The summed E-state index contributed by atoms with van der Waals surface area (Å²) in [4.78, 5) is 15.8. The van der Waals surface area contributed by atoms with Crippen LogP contribution >= 0.6 is 0 Å². The lowest BCUT2D eigenvalue weighted by Gasteiger charge is -2.12. The summed E-state index contributed by atoms with van der Waals surface area (Å²) in [6.45, 7) is 3.77. The Morgan fingerprint density at radius 1 is 1.45 bits per heavy atom. The van der Waals surface area contributed by atoms with Gasteiger partial charge in [0.1, 0.15) is 12.4 Å². The second-order valence-electron chi connectivity index (χ2n) is 3.95. The summed E-state index contributed by atoms with van der Waals surface area (Å²) in [6.07, 6.45) is 4.10. The lowest BCUT2D eigenvalue weighted by molar-refractivity contribution is 0.111. The van der Waals surface area contributed by atoms with Gasteiger partial charge in [0.05, 0.1) is 5.56 Å². The van der Waals surface area contributed by atoms with Crippen LogP contribution in [-0.2, 0) is 4.84 Å². The van der Waals surface area contributed by atoms with Gasteiger partial charge in [0.25, 0.3) is 0 Å². The summed E-state index contributed by atoms with van der Waals surface area (Å²) in [7, 11) is 1.64. The van der Waals surface area contributed by atoms with Crippen molar-refractivity contribution in [3.05, 3.63) is 53.1 Å². The molecule has 0 aliphatic rings. The first-order valence-electron chi connectivity index (χ1n) is 6.16. The van der Waals surface area contributed by atoms with Gasteiger partial charge in [0.2, 0.25) is 0 Å². The monoisotopic (exact) mass is 279 g/mol. The molecule has 0 amide bonds. The first-order chi connectivity index (χ1) is 9.63. The smallest absolute Gasteiger partial charge is 0.175 e. The molecular weight excluding hydrogens is 261 g/mol. The zero-order chi connectivity index (χ0) is 15.0. The number of nitrogens with one attached hydrogen (secondary N) is 1. The highest BCUT2D eigenvalue weighted by Gasteiger charge is 2.10. The van der Waals surface area contributed by atoms with Crippen molar-refractivity contribution in [2.75, 3.05) is 13.7 Å². The van der Waals surface area contributed by atoms with E-state index in [-0.39, 0.29) is 17.9 Å². The van der Waals surface area contributed by atoms with Crippen LogP contribution in [-0.4, -0.2) is 19.9 Å². The van der Waals surface area contributed by atoms with Crippen LogP contribution in [0.4, 0.5) is 4.39 Å². The van der Waals surface area contributed by atoms with Crippen LogP contribution in [0.2, 0.25) is 0 Å². The van der Waals surface area contributed by atoms with Gasteiger partial charge in [-0.15, -0.1) is 0 Å². The van der Waals surface area contributed by atoms with Crippen LogP contribution < -0.4 is 10.2 Å². The molecular formula is C15H18FNO3. The third-order valence-electron chi connectivity index (χ3n) is 2.58. The summed E-state index contributed by atoms with van der Waals surface area (Å²) < 4.78 is 19.2. The summed E-state index contributed by atoms with van der Waals surface area (Å²) in [5.41, 5.74) is 3.30. The molecule has 0 spiro atoms. The number of ether oxygens (including phenoxy) is 1. The topological polar surface area (TPSA) is 47.6 Å². The Morgan fingerprint density at radius 2 is 2.20 bits per heavy atom. The Hall–Kier alpha value is -2.14. The zero-order valence-corrected chi connectivity index (χ0v) is 11.8. The average molecular weight is 279 g/mol. The molecule has 0 heterocycles. The molecule has 0 aliphatic carbocycles. The van der Waals surface area contributed by atoms with Crippen molar-refractivity contribution in [2.24, 2.45) is 0 Å². The number of aldehydes is 1. The summed E-state index contributed by atoms with van der Waals surface area (Å²) in [5.74, 6) is 0.000858. The van der Waals surface area contributed by atoms with E-state index in [1.165, 1.54) is 12.1 Å². The third-order valence-corrected chi connectivity index (χ3v) is 2.58. The molecule has 1 N–H and O–H groups in total. The fraction of sp³-hybridized carbons (Fsp3) is 0.267. The van der Waals surface area contributed by atoms with Crippen molar-refractivity contribution < 1.29 is 18.8 Å². The van der Waals surface area contributed by atoms with Crippen molar-refractivity contribution in [3.63, 3.8) is 0 Å². The first kappa shape index (κ1) is 15.9. The molecule has 108 valence electrons. The Bertz CT molecular complexity index is 524. The fourth-order valence-electron chi connectivity index (χ4n) is 1.57. The molecule has 0 fully saturated rings. The molecule has 5 heteroatoms. The van der Waals surface area contributed by atoms with Gasteiger partial charge < -0.3 is 9.57 Å². The minimum absolute atomic E-state index is 0.0257. The molecule has 0 saturated heterocycles. The van der Waals surface area contributed by atoms with Crippen LogP contribution in [0.15, 0.2) is 41.7 Å². The normalized spacial score (nSPS) is 12.2. The molecule has 20 heavy (non-hydrogen) atoms. The van der Waals surface area contributed by atoms with E-state index in [4.69, 9.17) is 9.57 Å². The Balaban J connectivity index is 2.88. The lowest BCUT2D eigenvalue weighted by Crippen LogP contribution is -2.10. The Labute approximate surface area is 117 Å². The first-order valence-corrected chi connectivity index (χ1v) is 6.16. The highest BCUT2D eigenvalue weighted by molar-refractivity contribution is 5.76. The SMILES string of the molecule is C/C=C\C(COc1cccc(C=O)c1F)=C(/C)ONC. The second kappa shape index (κ2) is 8.12. The van der Waals surface area contributed by atoms with Gasteiger partial charge in [-0.25, -0.2) is 4.39 Å². The number of allylic oxidation sites excluding steroid dienone is 2. The van der Waals surface area contributed by atoms with E-state index in [1.807, 2.05) is 19.1 Å². The molecule has 0 aromatic heterocycles. The maximum absolute atomic E-state index is 13.8. The standard InChI is InChI=1S/C15H18FNO3/c1-4-6-13(11(2)20-17-3)10-19-14-8-5-7-12(9-18)15(14)16/h4-9,17H,10H2,1-3H3/b6-4-,13-11-. The fourth-order valence-corrected chi connectivity index (χ4v) is 1.57.